The van der Waals surface area contributed by atoms with Crippen LogP contribution in [0.2, 0.25) is 0 Å². The smallest absolute Gasteiger partial charge is 0.232 e. The number of methoxy groups -OCH3 is 2. The third-order valence-electron chi connectivity index (χ3n) is 5.13. The van der Waals surface area contributed by atoms with Gasteiger partial charge in [0, 0.05) is 18.3 Å². The van der Waals surface area contributed by atoms with Gasteiger partial charge in [0.05, 0.1) is 19.6 Å². The number of hydrogen-bond acceptors (Lipinski definition) is 4. The van der Waals surface area contributed by atoms with Gasteiger partial charge < -0.3 is 20.1 Å². The molecule has 0 bridgehead atoms. The maximum atomic E-state index is 12.9. The van der Waals surface area contributed by atoms with Crippen molar-refractivity contribution in [3.05, 3.63) is 18.2 Å². The molecule has 1 heterocycles. The summed E-state index contributed by atoms with van der Waals surface area (Å²) in [5.41, 5.74) is 0.513. The molecule has 1 aliphatic heterocycles. The molecule has 1 aliphatic carbocycles. The second-order valence-corrected chi connectivity index (χ2v) is 6.25. The Bertz CT molecular complexity index is 567. The first-order valence-electron chi connectivity index (χ1n) is 7.94. The topological polar surface area (TPSA) is 59.6 Å². The molecule has 1 saturated heterocycles. The lowest BCUT2D eigenvalue weighted by atomic mass is 9.67. The van der Waals surface area contributed by atoms with E-state index in [0.717, 1.165) is 38.0 Å². The summed E-state index contributed by atoms with van der Waals surface area (Å²) >= 11 is 0. The largest absolute Gasteiger partial charge is 0.493 e. The van der Waals surface area contributed by atoms with E-state index >= 15 is 0 Å². The normalized spacial score (nSPS) is 25.9. The van der Waals surface area contributed by atoms with Crippen LogP contribution in [0.15, 0.2) is 18.2 Å². The van der Waals surface area contributed by atoms with Crippen LogP contribution in [0.5, 0.6) is 11.5 Å². The van der Waals surface area contributed by atoms with Gasteiger partial charge in [0.1, 0.15) is 0 Å². The monoisotopic (exact) mass is 340 g/mol. The molecular formula is C17H25ClN2O3. The van der Waals surface area contributed by atoms with Gasteiger partial charge in [-0.2, -0.15) is 0 Å². The van der Waals surface area contributed by atoms with Gasteiger partial charge in [0.25, 0.3) is 0 Å². The minimum absolute atomic E-state index is 0. The molecule has 1 saturated carbocycles. The lowest BCUT2D eigenvalue weighted by Crippen LogP contribution is -2.44. The van der Waals surface area contributed by atoms with E-state index in [2.05, 4.69) is 10.6 Å². The molecule has 6 heteroatoms. The fourth-order valence-electron chi connectivity index (χ4n) is 3.86. The first kappa shape index (κ1) is 17.9. The van der Waals surface area contributed by atoms with Crippen LogP contribution in [-0.2, 0) is 4.79 Å². The third kappa shape index (κ3) is 3.26. The average Bonchev–Trinajstić information content (AvgIpc) is 3.00. The van der Waals surface area contributed by atoms with Crippen molar-refractivity contribution in [2.24, 2.45) is 11.3 Å². The molecule has 0 radical (unpaired) electrons. The van der Waals surface area contributed by atoms with E-state index in [1.807, 2.05) is 18.2 Å². The number of fused-ring (bicyclic) bond motifs is 1. The molecule has 5 nitrogen and oxygen atoms in total. The Morgan fingerprint density at radius 1 is 1.26 bits per heavy atom. The maximum absolute atomic E-state index is 12.9. The lowest BCUT2D eigenvalue weighted by molar-refractivity contribution is -0.128. The number of rotatable bonds is 4. The summed E-state index contributed by atoms with van der Waals surface area (Å²) < 4.78 is 10.5. The molecular weight excluding hydrogens is 316 g/mol. The van der Waals surface area contributed by atoms with Crippen LogP contribution in [-0.4, -0.2) is 33.2 Å². The Balaban J connectivity index is 0.00000192. The van der Waals surface area contributed by atoms with Gasteiger partial charge in [-0.25, -0.2) is 0 Å². The lowest BCUT2D eigenvalue weighted by Gasteiger charge is -2.37. The molecule has 2 atom stereocenters. The minimum Gasteiger partial charge on any atom is -0.493 e. The number of carbonyl (C=O) groups is 1. The van der Waals surface area contributed by atoms with Crippen molar-refractivity contribution in [3.8, 4) is 11.5 Å². The Hall–Kier alpha value is -1.46. The second kappa shape index (κ2) is 7.41. The Kier molecular flexibility index (Phi) is 5.76. The van der Waals surface area contributed by atoms with E-state index in [0.29, 0.717) is 17.4 Å². The van der Waals surface area contributed by atoms with Crippen molar-refractivity contribution in [2.75, 3.05) is 32.6 Å². The highest BCUT2D eigenvalue weighted by Gasteiger charge is 2.49. The van der Waals surface area contributed by atoms with Crippen molar-refractivity contribution in [3.63, 3.8) is 0 Å². The fourth-order valence-corrected chi connectivity index (χ4v) is 3.86. The molecule has 1 aromatic carbocycles. The van der Waals surface area contributed by atoms with E-state index < -0.39 is 0 Å². The Morgan fingerprint density at radius 3 is 2.78 bits per heavy atom. The highest BCUT2D eigenvalue weighted by molar-refractivity contribution is 5.96. The van der Waals surface area contributed by atoms with Crippen LogP contribution in [0.3, 0.4) is 0 Å². The van der Waals surface area contributed by atoms with Crippen molar-refractivity contribution < 1.29 is 14.3 Å². The summed E-state index contributed by atoms with van der Waals surface area (Å²) in [6, 6.07) is 5.49. The van der Waals surface area contributed by atoms with Crippen LogP contribution in [0.1, 0.15) is 25.7 Å². The molecule has 128 valence electrons. The van der Waals surface area contributed by atoms with Crippen molar-refractivity contribution >= 4 is 24.0 Å². The number of ether oxygens (including phenoxy) is 2. The summed E-state index contributed by atoms with van der Waals surface area (Å²) in [5.74, 6) is 1.88. The van der Waals surface area contributed by atoms with Gasteiger partial charge in [-0.1, -0.05) is 12.8 Å². The van der Waals surface area contributed by atoms with Gasteiger partial charge in [0.15, 0.2) is 11.5 Å². The van der Waals surface area contributed by atoms with Crippen molar-refractivity contribution in [1.82, 2.24) is 5.32 Å². The number of hydrogen-bond donors (Lipinski definition) is 2. The maximum Gasteiger partial charge on any atom is 0.232 e. The molecule has 2 aliphatic rings. The van der Waals surface area contributed by atoms with E-state index in [4.69, 9.17) is 9.47 Å². The summed E-state index contributed by atoms with van der Waals surface area (Å²) in [6.45, 7) is 1.75. The van der Waals surface area contributed by atoms with E-state index in [1.165, 1.54) is 6.42 Å². The van der Waals surface area contributed by atoms with Crippen LogP contribution in [0.25, 0.3) is 0 Å². The van der Waals surface area contributed by atoms with Gasteiger partial charge in [-0.15, -0.1) is 12.4 Å². The van der Waals surface area contributed by atoms with Gasteiger partial charge >= 0.3 is 0 Å². The predicted octanol–water partition coefficient (Wildman–Crippen LogP) is 2.84. The zero-order valence-corrected chi connectivity index (χ0v) is 14.5. The zero-order chi connectivity index (χ0) is 15.6. The highest BCUT2D eigenvalue weighted by atomic mass is 35.5. The first-order chi connectivity index (χ1) is 10.7. The standard InChI is InChI=1S/C17H24N2O3.ClH/c1-21-14-7-6-13(9-15(14)22-2)19-16(20)17-8-4-3-5-12(17)10-18-11-17;/h6-7,9,12,18H,3-5,8,10-11H2,1-2H3,(H,19,20);1H/t12-,17+;/m0./s1. The third-order valence-corrected chi connectivity index (χ3v) is 5.13. The van der Waals surface area contributed by atoms with E-state index in [1.54, 1.807) is 14.2 Å². The number of halogens is 1. The molecule has 1 amide bonds. The molecule has 0 aromatic heterocycles. The number of benzene rings is 1. The van der Waals surface area contributed by atoms with Crippen LogP contribution >= 0.6 is 12.4 Å². The summed E-state index contributed by atoms with van der Waals surface area (Å²) in [5, 5.41) is 6.49. The predicted molar refractivity (Wildman–Crippen MR) is 92.7 cm³/mol. The second-order valence-electron chi connectivity index (χ2n) is 6.25. The van der Waals surface area contributed by atoms with Crippen LogP contribution in [0, 0.1) is 11.3 Å². The average molecular weight is 341 g/mol. The minimum atomic E-state index is -0.245. The number of nitrogens with one attached hydrogen (secondary N) is 2. The summed E-state index contributed by atoms with van der Waals surface area (Å²) in [7, 11) is 3.20. The van der Waals surface area contributed by atoms with Crippen molar-refractivity contribution in [2.45, 2.75) is 25.7 Å². The SMILES string of the molecule is COc1ccc(NC(=O)[C@@]23CCCC[C@H]2CNC3)cc1OC.Cl. The Labute approximate surface area is 143 Å². The molecule has 2 N–H and O–H groups in total. The summed E-state index contributed by atoms with van der Waals surface area (Å²) in [4.78, 5) is 12.9. The molecule has 1 aromatic rings. The Morgan fingerprint density at radius 2 is 2.04 bits per heavy atom. The van der Waals surface area contributed by atoms with Gasteiger partial charge in [-0.3, -0.25) is 4.79 Å². The highest BCUT2D eigenvalue weighted by Crippen LogP contribution is 2.44. The van der Waals surface area contributed by atoms with Gasteiger partial charge in [-0.05, 0) is 37.4 Å². The first-order valence-corrected chi connectivity index (χ1v) is 7.94. The fraction of sp³-hybridized carbons (Fsp3) is 0.588. The molecule has 2 fully saturated rings. The molecule has 0 unspecified atom stereocenters. The van der Waals surface area contributed by atoms with E-state index in [-0.39, 0.29) is 23.7 Å². The molecule has 23 heavy (non-hydrogen) atoms. The van der Waals surface area contributed by atoms with E-state index in [9.17, 15) is 4.79 Å². The van der Waals surface area contributed by atoms with Crippen LogP contribution < -0.4 is 20.1 Å². The van der Waals surface area contributed by atoms with Crippen LogP contribution in [0.4, 0.5) is 5.69 Å². The van der Waals surface area contributed by atoms with Crippen molar-refractivity contribution in [1.29, 1.82) is 0 Å². The number of anilines is 1. The summed E-state index contributed by atoms with van der Waals surface area (Å²) in [6.07, 6.45) is 4.49. The zero-order valence-electron chi connectivity index (χ0n) is 13.7. The quantitative estimate of drug-likeness (QED) is 0.884. The number of amides is 1. The number of carbonyl (C=O) groups excluding carboxylic acids is 1. The van der Waals surface area contributed by atoms with Gasteiger partial charge in [0.2, 0.25) is 5.91 Å². The molecule has 3 rings (SSSR count). The molecule has 0 spiro atoms.